The Morgan fingerprint density at radius 1 is 1.22 bits per heavy atom. The lowest BCUT2D eigenvalue weighted by Gasteiger charge is -2.38. The highest BCUT2D eigenvalue weighted by molar-refractivity contribution is 5.49. The molecule has 0 spiro atoms. The molecule has 1 saturated heterocycles. The second-order valence-electron chi connectivity index (χ2n) is 5.06. The van der Waals surface area contributed by atoms with Crippen molar-refractivity contribution in [3.8, 4) is 0 Å². The van der Waals surface area contributed by atoms with Crippen LogP contribution in [0, 0.1) is 5.82 Å². The molecular formula is C14H21FN2O. The van der Waals surface area contributed by atoms with Gasteiger partial charge in [-0.15, -0.1) is 0 Å². The summed E-state index contributed by atoms with van der Waals surface area (Å²) in [7, 11) is 0. The Labute approximate surface area is 108 Å². The summed E-state index contributed by atoms with van der Waals surface area (Å²) < 4.78 is 13.9. The molecule has 3 nitrogen and oxygen atoms in total. The highest BCUT2D eigenvalue weighted by Crippen LogP contribution is 2.22. The van der Waals surface area contributed by atoms with Crippen molar-refractivity contribution in [1.82, 2.24) is 4.90 Å². The minimum atomic E-state index is -0.237. The van der Waals surface area contributed by atoms with E-state index in [1.165, 1.54) is 6.07 Å². The quantitative estimate of drug-likeness (QED) is 0.889. The molecule has 1 heterocycles. The normalized spacial score (nSPS) is 17.5. The van der Waals surface area contributed by atoms with Crippen molar-refractivity contribution in [2.24, 2.45) is 0 Å². The van der Waals surface area contributed by atoms with Gasteiger partial charge in [-0.2, -0.15) is 0 Å². The summed E-state index contributed by atoms with van der Waals surface area (Å²) in [6.45, 7) is 7.91. The number of halogens is 1. The summed E-state index contributed by atoms with van der Waals surface area (Å²) in [5, 5.41) is 8.97. The van der Waals surface area contributed by atoms with E-state index in [0.29, 0.717) is 17.3 Å². The molecule has 1 N–H and O–H groups in total. The second-order valence-corrected chi connectivity index (χ2v) is 5.06. The van der Waals surface area contributed by atoms with Crippen molar-refractivity contribution < 1.29 is 9.50 Å². The topological polar surface area (TPSA) is 26.7 Å². The van der Waals surface area contributed by atoms with Crippen LogP contribution in [0.1, 0.15) is 19.4 Å². The Balaban J connectivity index is 2.05. The van der Waals surface area contributed by atoms with Gasteiger partial charge in [0, 0.05) is 32.2 Å². The third-order valence-electron chi connectivity index (χ3n) is 3.58. The van der Waals surface area contributed by atoms with Gasteiger partial charge in [0.05, 0.1) is 12.3 Å². The zero-order valence-corrected chi connectivity index (χ0v) is 11.1. The Bertz CT molecular complexity index is 401. The highest BCUT2D eigenvalue weighted by atomic mass is 19.1. The number of hydrogen-bond donors (Lipinski definition) is 1. The molecule has 4 heteroatoms. The van der Waals surface area contributed by atoms with Crippen LogP contribution in [0.4, 0.5) is 10.1 Å². The molecular weight excluding hydrogens is 231 g/mol. The Morgan fingerprint density at radius 3 is 2.39 bits per heavy atom. The zero-order chi connectivity index (χ0) is 13.1. The van der Waals surface area contributed by atoms with Crippen molar-refractivity contribution in [2.45, 2.75) is 26.5 Å². The molecule has 1 aromatic rings. The van der Waals surface area contributed by atoms with E-state index in [-0.39, 0.29) is 12.4 Å². The molecule has 1 aliphatic heterocycles. The summed E-state index contributed by atoms with van der Waals surface area (Å²) in [6, 6.07) is 5.53. The first-order chi connectivity index (χ1) is 8.61. The lowest BCUT2D eigenvalue weighted by molar-refractivity contribution is 0.209. The number of anilines is 1. The Hall–Kier alpha value is -1.13. The molecule has 0 radical (unpaired) electrons. The van der Waals surface area contributed by atoms with Crippen LogP contribution in [-0.4, -0.2) is 42.2 Å². The molecule has 2 rings (SSSR count). The van der Waals surface area contributed by atoms with Crippen molar-refractivity contribution >= 4 is 5.69 Å². The molecule has 0 saturated carbocycles. The van der Waals surface area contributed by atoms with Gasteiger partial charge in [0.25, 0.3) is 0 Å². The van der Waals surface area contributed by atoms with Crippen LogP contribution in [0.15, 0.2) is 18.2 Å². The number of rotatable bonds is 3. The fourth-order valence-electron chi connectivity index (χ4n) is 2.38. The van der Waals surface area contributed by atoms with Crippen molar-refractivity contribution in [1.29, 1.82) is 0 Å². The highest BCUT2D eigenvalue weighted by Gasteiger charge is 2.20. The van der Waals surface area contributed by atoms with Crippen molar-refractivity contribution in [3.05, 3.63) is 29.6 Å². The van der Waals surface area contributed by atoms with E-state index in [1.54, 1.807) is 12.1 Å². The molecule has 0 bridgehead atoms. The Morgan fingerprint density at radius 2 is 1.89 bits per heavy atom. The smallest absolute Gasteiger partial charge is 0.146 e. The average Bonchev–Trinajstić information content (AvgIpc) is 2.38. The molecule has 1 aromatic carbocycles. The summed E-state index contributed by atoms with van der Waals surface area (Å²) in [5.41, 5.74) is 1.27. The molecule has 0 amide bonds. The lowest BCUT2D eigenvalue weighted by atomic mass is 10.1. The van der Waals surface area contributed by atoms with Crippen LogP contribution in [0.2, 0.25) is 0 Å². The van der Waals surface area contributed by atoms with Crippen molar-refractivity contribution in [3.63, 3.8) is 0 Å². The molecule has 0 aliphatic carbocycles. The predicted octanol–water partition coefficient (Wildman–Crippen LogP) is 1.85. The average molecular weight is 252 g/mol. The Kier molecular flexibility index (Phi) is 4.19. The summed E-state index contributed by atoms with van der Waals surface area (Å²) in [4.78, 5) is 4.48. The van der Waals surface area contributed by atoms with Gasteiger partial charge in [-0.1, -0.05) is 6.07 Å². The first-order valence-electron chi connectivity index (χ1n) is 6.50. The van der Waals surface area contributed by atoms with E-state index < -0.39 is 0 Å². The van der Waals surface area contributed by atoms with Gasteiger partial charge in [0.1, 0.15) is 5.82 Å². The maximum absolute atomic E-state index is 13.9. The van der Waals surface area contributed by atoms with Gasteiger partial charge < -0.3 is 10.0 Å². The minimum absolute atomic E-state index is 0.113. The second kappa shape index (κ2) is 5.67. The number of piperazine rings is 1. The van der Waals surface area contributed by atoms with E-state index in [4.69, 9.17) is 5.11 Å². The van der Waals surface area contributed by atoms with Gasteiger partial charge >= 0.3 is 0 Å². The molecule has 100 valence electrons. The minimum Gasteiger partial charge on any atom is -0.392 e. The molecule has 0 atom stereocenters. The van der Waals surface area contributed by atoms with Crippen molar-refractivity contribution in [2.75, 3.05) is 31.1 Å². The third kappa shape index (κ3) is 2.82. The lowest BCUT2D eigenvalue weighted by Crippen LogP contribution is -2.49. The van der Waals surface area contributed by atoms with E-state index >= 15 is 0 Å². The maximum atomic E-state index is 13.9. The zero-order valence-electron chi connectivity index (χ0n) is 11.1. The van der Waals surface area contributed by atoms with Gasteiger partial charge in [0.2, 0.25) is 0 Å². The first-order valence-corrected chi connectivity index (χ1v) is 6.50. The van der Waals surface area contributed by atoms with E-state index in [9.17, 15) is 4.39 Å². The maximum Gasteiger partial charge on any atom is 0.146 e. The largest absolute Gasteiger partial charge is 0.392 e. The fraction of sp³-hybridized carbons (Fsp3) is 0.571. The SMILES string of the molecule is CC(C)N1CCN(c2ccc(CO)cc2F)CC1. The number of aliphatic hydroxyl groups is 1. The van der Waals surface area contributed by atoms with Gasteiger partial charge in [-0.05, 0) is 31.5 Å². The number of benzene rings is 1. The third-order valence-corrected chi connectivity index (χ3v) is 3.58. The van der Waals surface area contributed by atoms with Gasteiger partial charge in [-0.25, -0.2) is 4.39 Å². The monoisotopic (exact) mass is 252 g/mol. The summed E-state index contributed by atoms with van der Waals surface area (Å²) in [5.74, 6) is -0.237. The molecule has 0 unspecified atom stereocenters. The van der Waals surface area contributed by atoms with Gasteiger partial charge in [0.15, 0.2) is 0 Å². The van der Waals surface area contributed by atoms with Crippen LogP contribution in [-0.2, 0) is 6.61 Å². The molecule has 1 fully saturated rings. The molecule has 0 aromatic heterocycles. The van der Waals surface area contributed by atoms with E-state index in [1.807, 2.05) is 0 Å². The fourth-order valence-corrected chi connectivity index (χ4v) is 2.38. The molecule has 18 heavy (non-hydrogen) atoms. The van der Waals surface area contributed by atoms with Crippen LogP contribution >= 0.6 is 0 Å². The molecule has 1 aliphatic rings. The van der Waals surface area contributed by atoms with Crippen LogP contribution < -0.4 is 4.90 Å². The van der Waals surface area contributed by atoms with Gasteiger partial charge in [-0.3, -0.25) is 4.90 Å². The number of aliphatic hydroxyl groups excluding tert-OH is 1. The first kappa shape index (κ1) is 13.3. The van der Waals surface area contributed by atoms with Crippen LogP contribution in [0.3, 0.4) is 0 Å². The van der Waals surface area contributed by atoms with Crippen LogP contribution in [0.25, 0.3) is 0 Å². The standard InChI is InChI=1S/C14H21FN2O/c1-11(2)16-5-7-17(8-6-16)14-4-3-12(10-18)9-13(14)15/h3-4,9,11,18H,5-8,10H2,1-2H3. The summed E-state index contributed by atoms with van der Waals surface area (Å²) >= 11 is 0. The predicted molar refractivity (Wildman–Crippen MR) is 71.2 cm³/mol. The van der Waals surface area contributed by atoms with Crippen LogP contribution in [0.5, 0.6) is 0 Å². The van der Waals surface area contributed by atoms with E-state index in [0.717, 1.165) is 26.2 Å². The van der Waals surface area contributed by atoms with E-state index in [2.05, 4.69) is 23.6 Å². The number of hydrogen-bond acceptors (Lipinski definition) is 3. The number of nitrogens with zero attached hydrogens (tertiary/aromatic N) is 2. The summed E-state index contributed by atoms with van der Waals surface area (Å²) in [6.07, 6.45) is 0.